The summed E-state index contributed by atoms with van der Waals surface area (Å²) in [7, 11) is 0.836. The molecule has 10 heteroatoms. The largest absolute Gasteiger partial charge is 0.497 e. The van der Waals surface area contributed by atoms with E-state index < -0.39 is 15.9 Å². The van der Waals surface area contributed by atoms with Gasteiger partial charge in [-0.05, 0) is 48.9 Å². The molecular weight excluding hydrogens is 444 g/mol. The van der Waals surface area contributed by atoms with Gasteiger partial charge in [-0.15, -0.1) is 0 Å². The van der Waals surface area contributed by atoms with E-state index in [1.165, 1.54) is 38.4 Å². The van der Waals surface area contributed by atoms with Gasteiger partial charge >= 0.3 is 0 Å². The van der Waals surface area contributed by atoms with Crippen LogP contribution in [0.3, 0.4) is 0 Å². The average molecular weight is 475 g/mol. The Kier molecular flexibility index (Phi) is 7.93. The fourth-order valence-electron chi connectivity index (χ4n) is 3.60. The van der Waals surface area contributed by atoms with E-state index in [0.717, 1.165) is 28.7 Å². The van der Waals surface area contributed by atoms with Crippen LogP contribution in [0.25, 0.3) is 0 Å². The van der Waals surface area contributed by atoms with Gasteiger partial charge in [0.15, 0.2) is 0 Å². The van der Waals surface area contributed by atoms with Gasteiger partial charge in [-0.1, -0.05) is 6.07 Å². The van der Waals surface area contributed by atoms with Crippen molar-refractivity contribution in [3.8, 4) is 5.75 Å². The first-order valence-corrected chi connectivity index (χ1v) is 12.1. The van der Waals surface area contributed by atoms with Gasteiger partial charge in [0.05, 0.1) is 18.6 Å². The number of rotatable bonds is 7. The zero-order chi connectivity index (χ0) is 24.0. The van der Waals surface area contributed by atoms with E-state index >= 15 is 0 Å². The van der Waals surface area contributed by atoms with Crippen molar-refractivity contribution in [3.63, 3.8) is 0 Å². The topological polar surface area (TPSA) is 99.3 Å². The van der Waals surface area contributed by atoms with Gasteiger partial charge in [0.25, 0.3) is 5.91 Å². The summed E-state index contributed by atoms with van der Waals surface area (Å²) in [4.78, 5) is 29.2. The van der Waals surface area contributed by atoms with E-state index in [0.29, 0.717) is 19.6 Å². The van der Waals surface area contributed by atoms with Crippen molar-refractivity contribution in [1.29, 1.82) is 0 Å². The second-order valence-corrected chi connectivity index (χ2v) is 10.1. The van der Waals surface area contributed by atoms with Gasteiger partial charge in [-0.2, -0.15) is 0 Å². The number of carbonyl (C=O) groups excluding carboxylic acids is 2. The van der Waals surface area contributed by atoms with Gasteiger partial charge in [0, 0.05) is 51.5 Å². The summed E-state index contributed by atoms with van der Waals surface area (Å²) in [6.45, 7) is 2.54. The Morgan fingerprint density at radius 1 is 1.03 bits per heavy atom. The molecule has 178 valence electrons. The Morgan fingerprint density at radius 2 is 1.76 bits per heavy atom. The molecule has 2 amide bonds. The van der Waals surface area contributed by atoms with E-state index in [4.69, 9.17) is 4.74 Å². The molecular formula is C23H30N4O5S. The number of nitrogens with one attached hydrogen (secondary N) is 1. The highest BCUT2D eigenvalue weighted by atomic mass is 32.2. The monoisotopic (exact) mass is 474 g/mol. The highest BCUT2D eigenvalue weighted by molar-refractivity contribution is 7.89. The summed E-state index contributed by atoms with van der Waals surface area (Å²) >= 11 is 0. The lowest BCUT2D eigenvalue weighted by Gasteiger charge is -2.24. The molecule has 0 atom stereocenters. The molecule has 0 aromatic heterocycles. The van der Waals surface area contributed by atoms with Crippen LogP contribution >= 0.6 is 0 Å². The van der Waals surface area contributed by atoms with Crippen LogP contribution < -0.4 is 15.0 Å². The maximum Gasteiger partial charge on any atom is 0.251 e. The van der Waals surface area contributed by atoms with Crippen molar-refractivity contribution < 1.29 is 22.7 Å². The molecule has 0 bridgehead atoms. The standard InChI is InChI=1S/C23H30N4O5S/c1-25(2)33(30,31)21-7-4-6-18(16-21)23(29)24-17-22(28)27-13-5-12-26(14-15-27)19-8-10-20(32-3)11-9-19/h4,6-11,16H,5,12-15,17H2,1-3H3,(H,24,29). The number of amides is 2. The highest BCUT2D eigenvalue weighted by Gasteiger charge is 2.21. The number of nitrogens with zero attached hydrogens (tertiary/aromatic N) is 3. The minimum Gasteiger partial charge on any atom is -0.497 e. The maximum absolute atomic E-state index is 12.7. The normalized spacial score (nSPS) is 14.7. The lowest BCUT2D eigenvalue weighted by atomic mass is 10.2. The Morgan fingerprint density at radius 3 is 2.42 bits per heavy atom. The number of methoxy groups -OCH3 is 1. The Labute approximate surface area is 195 Å². The molecule has 1 N–H and O–H groups in total. The molecule has 0 spiro atoms. The van der Waals surface area contributed by atoms with Crippen molar-refractivity contribution in [2.24, 2.45) is 0 Å². The average Bonchev–Trinajstić information content (AvgIpc) is 3.09. The molecule has 2 aromatic carbocycles. The van der Waals surface area contributed by atoms with Crippen molar-refractivity contribution in [2.45, 2.75) is 11.3 Å². The molecule has 0 saturated carbocycles. The number of benzene rings is 2. The lowest BCUT2D eigenvalue weighted by molar-refractivity contribution is -0.129. The fraction of sp³-hybridized carbons (Fsp3) is 0.391. The zero-order valence-electron chi connectivity index (χ0n) is 19.2. The van der Waals surface area contributed by atoms with Crippen LogP contribution in [0.1, 0.15) is 16.8 Å². The SMILES string of the molecule is COc1ccc(N2CCCN(C(=O)CNC(=O)c3cccc(S(=O)(=O)N(C)C)c3)CC2)cc1. The molecule has 0 radical (unpaired) electrons. The lowest BCUT2D eigenvalue weighted by Crippen LogP contribution is -2.42. The third-order valence-electron chi connectivity index (χ3n) is 5.56. The number of hydrogen-bond acceptors (Lipinski definition) is 6. The molecule has 33 heavy (non-hydrogen) atoms. The highest BCUT2D eigenvalue weighted by Crippen LogP contribution is 2.20. The second kappa shape index (κ2) is 10.7. The quantitative estimate of drug-likeness (QED) is 0.652. The van der Waals surface area contributed by atoms with E-state index in [-0.39, 0.29) is 22.9 Å². The molecule has 9 nitrogen and oxygen atoms in total. The Bertz CT molecular complexity index is 1090. The minimum absolute atomic E-state index is 0.0256. The summed E-state index contributed by atoms with van der Waals surface area (Å²) in [5.74, 6) is 0.136. The first-order valence-electron chi connectivity index (χ1n) is 10.7. The molecule has 0 aliphatic carbocycles. The maximum atomic E-state index is 12.7. The van der Waals surface area contributed by atoms with Crippen molar-refractivity contribution in [3.05, 3.63) is 54.1 Å². The zero-order valence-corrected chi connectivity index (χ0v) is 20.0. The fourth-order valence-corrected chi connectivity index (χ4v) is 4.54. The Hall–Kier alpha value is -3.11. The van der Waals surface area contributed by atoms with Crippen LogP contribution in [-0.2, 0) is 14.8 Å². The van der Waals surface area contributed by atoms with Crippen LogP contribution in [-0.4, -0.2) is 83.4 Å². The molecule has 1 aliphatic rings. The predicted molar refractivity (Wildman–Crippen MR) is 126 cm³/mol. The first-order chi connectivity index (χ1) is 15.7. The van der Waals surface area contributed by atoms with Crippen molar-refractivity contribution in [1.82, 2.24) is 14.5 Å². The number of anilines is 1. The van der Waals surface area contributed by atoms with Gasteiger partial charge < -0.3 is 19.9 Å². The van der Waals surface area contributed by atoms with E-state index in [1.54, 1.807) is 12.0 Å². The van der Waals surface area contributed by atoms with E-state index in [1.807, 2.05) is 24.3 Å². The van der Waals surface area contributed by atoms with E-state index in [2.05, 4.69) is 10.2 Å². The molecule has 1 fully saturated rings. The third-order valence-corrected chi connectivity index (χ3v) is 7.37. The van der Waals surface area contributed by atoms with E-state index in [9.17, 15) is 18.0 Å². The smallest absolute Gasteiger partial charge is 0.251 e. The summed E-state index contributed by atoms with van der Waals surface area (Å²) in [5.41, 5.74) is 1.26. The molecule has 0 unspecified atom stereocenters. The minimum atomic E-state index is -3.65. The first kappa shape index (κ1) is 24.5. The van der Waals surface area contributed by atoms with Crippen LogP contribution in [0.5, 0.6) is 5.75 Å². The van der Waals surface area contributed by atoms with Gasteiger partial charge in [0.1, 0.15) is 5.75 Å². The number of hydrogen-bond donors (Lipinski definition) is 1. The molecule has 3 rings (SSSR count). The summed E-state index contributed by atoms with van der Waals surface area (Å²) < 4.78 is 30.9. The number of sulfonamides is 1. The molecule has 1 heterocycles. The molecule has 1 saturated heterocycles. The number of carbonyl (C=O) groups is 2. The van der Waals surface area contributed by atoms with Crippen LogP contribution in [0, 0.1) is 0 Å². The number of ether oxygens (including phenoxy) is 1. The third kappa shape index (κ3) is 6.02. The molecule has 2 aromatic rings. The van der Waals surface area contributed by atoms with Crippen molar-refractivity contribution >= 4 is 27.5 Å². The second-order valence-electron chi connectivity index (χ2n) is 7.92. The summed E-state index contributed by atoms with van der Waals surface area (Å²) in [6.07, 6.45) is 0.816. The van der Waals surface area contributed by atoms with Crippen LogP contribution in [0.15, 0.2) is 53.4 Å². The van der Waals surface area contributed by atoms with Gasteiger partial charge in [0.2, 0.25) is 15.9 Å². The Balaban J connectivity index is 1.56. The predicted octanol–water partition coefficient (Wildman–Crippen LogP) is 1.41. The molecule has 1 aliphatic heterocycles. The van der Waals surface area contributed by atoms with Crippen LogP contribution in [0.4, 0.5) is 5.69 Å². The summed E-state index contributed by atoms with van der Waals surface area (Å²) in [6, 6.07) is 13.6. The van der Waals surface area contributed by atoms with Crippen LogP contribution in [0.2, 0.25) is 0 Å². The summed E-state index contributed by atoms with van der Waals surface area (Å²) in [5, 5.41) is 2.61. The van der Waals surface area contributed by atoms with Crippen molar-refractivity contribution in [2.75, 3.05) is 58.8 Å². The van der Waals surface area contributed by atoms with Gasteiger partial charge in [-0.3, -0.25) is 9.59 Å². The van der Waals surface area contributed by atoms with Gasteiger partial charge in [-0.25, -0.2) is 12.7 Å².